The molecule has 0 radical (unpaired) electrons. The summed E-state index contributed by atoms with van der Waals surface area (Å²) in [6.45, 7) is 4.51. The number of benzene rings is 2. The minimum atomic E-state index is -0.180. The lowest BCUT2D eigenvalue weighted by atomic mass is 9.92. The Bertz CT molecular complexity index is 1080. The van der Waals surface area contributed by atoms with Gasteiger partial charge in [-0.05, 0) is 44.8 Å². The first-order valence-electron chi connectivity index (χ1n) is 11.2. The maximum Gasteiger partial charge on any atom is 0.227 e. The second-order valence-electron chi connectivity index (χ2n) is 8.61. The second kappa shape index (κ2) is 11.4. The molecule has 0 saturated carbocycles. The summed E-state index contributed by atoms with van der Waals surface area (Å²) in [4.78, 5) is 32.3. The Labute approximate surface area is 196 Å². The number of rotatable bonds is 10. The highest BCUT2D eigenvalue weighted by molar-refractivity contribution is 6.10. The third-order valence-electron chi connectivity index (χ3n) is 5.38. The lowest BCUT2D eigenvalue weighted by Crippen LogP contribution is -2.23. The number of carbonyl (C=O) groups is 2. The lowest BCUT2D eigenvalue weighted by molar-refractivity contribution is -0.118. The summed E-state index contributed by atoms with van der Waals surface area (Å²) >= 11 is 0. The van der Waals surface area contributed by atoms with Gasteiger partial charge in [0.25, 0.3) is 0 Å². The van der Waals surface area contributed by atoms with Crippen LogP contribution in [-0.4, -0.2) is 42.2 Å². The quantitative estimate of drug-likeness (QED) is 0.430. The average Bonchev–Trinajstić information content (AvgIpc) is 2.82. The Kier molecular flexibility index (Phi) is 8.33. The van der Waals surface area contributed by atoms with E-state index in [2.05, 4.69) is 20.5 Å². The van der Waals surface area contributed by atoms with E-state index >= 15 is 0 Å². The Hall–Kier alpha value is -3.51. The van der Waals surface area contributed by atoms with Gasteiger partial charge in [-0.1, -0.05) is 68.4 Å². The highest BCUT2D eigenvalue weighted by Crippen LogP contribution is 2.30. The molecule has 6 nitrogen and oxygen atoms in total. The van der Waals surface area contributed by atoms with Crippen LogP contribution in [-0.2, 0) is 4.79 Å². The van der Waals surface area contributed by atoms with Gasteiger partial charge in [-0.15, -0.1) is 0 Å². The van der Waals surface area contributed by atoms with Crippen LogP contribution < -0.4 is 10.6 Å². The van der Waals surface area contributed by atoms with Crippen molar-refractivity contribution in [1.29, 1.82) is 0 Å². The van der Waals surface area contributed by atoms with Gasteiger partial charge in [0.2, 0.25) is 5.91 Å². The number of hydrogen-bond donors (Lipinski definition) is 2. The van der Waals surface area contributed by atoms with E-state index in [9.17, 15) is 9.59 Å². The van der Waals surface area contributed by atoms with Crippen LogP contribution in [0, 0.1) is 5.92 Å². The van der Waals surface area contributed by atoms with Crippen LogP contribution in [0.4, 0.5) is 11.5 Å². The highest BCUT2D eigenvalue weighted by atomic mass is 16.1. The molecule has 0 fully saturated rings. The molecule has 0 saturated heterocycles. The zero-order valence-corrected chi connectivity index (χ0v) is 19.7. The standard InChI is InChI=1S/C27H32N4O2/c1-19(2)27(33)30-24-15-10-17-28-26(24)29-23(16-18-31(3)4)21-13-8-9-14-22(21)25(32)20-11-6-5-7-12-20/h5-15,17,19,23H,16,18H2,1-4H3,(H,28,29)(H,30,33). The number of pyridine rings is 1. The first-order chi connectivity index (χ1) is 15.9. The molecule has 1 heterocycles. The van der Waals surface area contributed by atoms with E-state index in [1.165, 1.54) is 0 Å². The number of aromatic nitrogens is 1. The van der Waals surface area contributed by atoms with Crippen molar-refractivity contribution in [3.05, 3.63) is 89.6 Å². The molecule has 172 valence electrons. The van der Waals surface area contributed by atoms with Gasteiger partial charge in [-0.25, -0.2) is 4.98 Å². The molecule has 33 heavy (non-hydrogen) atoms. The SMILES string of the molecule is CC(C)C(=O)Nc1cccnc1NC(CCN(C)C)c1ccccc1C(=O)c1ccccc1. The number of ketones is 1. The summed E-state index contributed by atoms with van der Waals surface area (Å²) in [5, 5.41) is 6.46. The second-order valence-corrected chi connectivity index (χ2v) is 8.61. The third-order valence-corrected chi connectivity index (χ3v) is 5.38. The molecule has 0 aliphatic heterocycles. The van der Waals surface area contributed by atoms with Crippen molar-refractivity contribution >= 4 is 23.2 Å². The van der Waals surface area contributed by atoms with Gasteiger partial charge in [0.1, 0.15) is 5.82 Å². The van der Waals surface area contributed by atoms with Crippen molar-refractivity contribution in [3.63, 3.8) is 0 Å². The molecule has 6 heteroatoms. The first kappa shape index (κ1) is 24.1. The van der Waals surface area contributed by atoms with Gasteiger partial charge in [-0.2, -0.15) is 0 Å². The first-order valence-corrected chi connectivity index (χ1v) is 11.2. The van der Waals surface area contributed by atoms with Crippen molar-refractivity contribution in [2.24, 2.45) is 5.92 Å². The van der Waals surface area contributed by atoms with Gasteiger partial charge in [0.15, 0.2) is 5.78 Å². The summed E-state index contributed by atoms with van der Waals surface area (Å²) in [6, 6.07) is 20.4. The maximum absolute atomic E-state index is 13.3. The van der Waals surface area contributed by atoms with Crippen molar-refractivity contribution in [2.75, 3.05) is 31.3 Å². The van der Waals surface area contributed by atoms with Gasteiger partial charge in [0, 0.05) is 23.2 Å². The molecule has 1 atom stereocenters. The van der Waals surface area contributed by atoms with Crippen LogP contribution in [0.25, 0.3) is 0 Å². The highest BCUT2D eigenvalue weighted by Gasteiger charge is 2.22. The summed E-state index contributed by atoms with van der Waals surface area (Å²) in [5.74, 6) is 0.344. The summed E-state index contributed by atoms with van der Waals surface area (Å²) in [6.07, 6.45) is 2.44. The monoisotopic (exact) mass is 444 g/mol. The predicted molar refractivity (Wildman–Crippen MR) is 134 cm³/mol. The predicted octanol–water partition coefficient (Wildman–Crippen LogP) is 5.01. The van der Waals surface area contributed by atoms with Crippen LogP contribution in [0.2, 0.25) is 0 Å². The van der Waals surface area contributed by atoms with E-state index in [0.29, 0.717) is 22.6 Å². The number of anilines is 2. The van der Waals surface area contributed by atoms with Crippen LogP contribution in [0.15, 0.2) is 72.9 Å². The van der Waals surface area contributed by atoms with Gasteiger partial charge in [0.05, 0.1) is 11.7 Å². The number of amides is 1. The van der Waals surface area contributed by atoms with Crippen molar-refractivity contribution in [3.8, 4) is 0 Å². The van der Waals surface area contributed by atoms with Gasteiger partial charge >= 0.3 is 0 Å². The Morgan fingerprint density at radius 1 is 0.939 bits per heavy atom. The average molecular weight is 445 g/mol. The number of carbonyl (C=O) groups excluding carboxylic acids is 2. The Morgan fingerprint density at radius 2 is 1.64 bits per heavy atom. The number of nitrogens with zero attached hydrogens (tertiary/aromatic N) is 2. The molecule has 1 amide bonds. The third kappa shape index (κ3) is 6.49. The molecule has 0 bridgehead atoms. The zero-order chi connectivity index (χ0) is 23.8. The molecule has 2 N–H and O–H groups in total. The van der Waals surface area contributed by atoms with E-state index in [0.717, 1.165) is 18.5 Å². The molecule has 1 aromatic heterocycles. The number of nitrogens with one attached hydrogen (secondary N) is 2. The van der Waals surface area contributed by atoms with Crippen molar-refractivity contribution < 1.29 is 9.59 Å². The fourth-order valence-corrected chi connectivity index (χ4v) is 3.51. The molecule has 0 spiro atoms. The minimum Gasteiger partial charge on any atom is -0.361 e. The minimum absolute atomic E-state index is 0.0165. The Balaban J connectivity index is 1.97. The fraction of sp³-hybridized carbons (Fsp3) is 0.296. The van der Waals surface area contributed by atoms with Crippen LogP contribution in [0.5, 0.6) is 0 Å². The van der Waals surface area contributed by atoms with Gasteiger partial charge < -0.3 is 15.5 Å². The maximum atomic E-state index is 13.3. The van der Waals surface area contributed by atoms with Crippen LogP contribution in [0.1, 0.15) is 47.8 Å². The normalized spacial score (nSPS) is 11.9. The largest absolute Gasteiger partial charge is 0.361 e. The summed E-state index contributed by atoms with van der Waals surface area (Å²) in [7, 11) is 4.04. The van der Waals surface area contributed by atoms with E-state index in [4.69, 9.17) is 0 Å². The molecule has 3 aromatic rings. The van der Waals surface area contributed by atoms with E-state index < -0.39 is 0 Å². The molecule has 2 aromatic carbocycles. The van der Waals surface area contributed by atoms with Crippen LogP contribution in [0.3, 0.4) is 0 Å². The van der Waals surface area contributed by atoms with Gasteiger partial charge in [-0.3, -0.25) is 9.59 Å². The van der Waals surface area contributed by atoms with Crippen molar-refractivity contribution in [2.45, 2.75) is 26.3 Å². The fourth-order valence-electron chi connectivity index (χ4n) is 3.51. The lowest BCUT2D eigenvalue weighted by Gasteiger charge is -2.25. The summed E-state index contributed by atoms with van der Waals surface area (Å²) in [5.41, 5.74) is 2.83. The smallest absolute Gasteiger partial charge is 0.227 e. The van der Waals surface area contributed by atoms with E-state index in [1.54, 1.807) is 12.3 Å². The molecule has 0 aliphatic carbocycles. The van der Waals surface area contributed by atoms with E-state index in [-0.39, 0.29) is 23.7 Å². The van der Waals surface area contributed by atoms with E-state index in [1.807, 2.05) is 88.6 Å². The molecular weight excluding hydrogens is 412 g/mol. The molecule has 0 aliphatic rings. The zero-order valence-electron chi connectivity index (χ0n) is 19.7. The number of hydrogen-bond acceptors (Lipinski definition) is 5. The Morgan fingerprint density at radius 3 is 2.33 bits per heavy atom. The van der Waals surface area contributed by atoms with Crippen LogP contribution >= 0.6 is 0 Å². The summed E-state index contributed by atoms with van der Waals surface area (Å²) < 4.78 is 0. The molecule has 3 rings (SSSR count). The molecular formula is C27H32N4O2. The molecule has 1 unspecified atom stereocenters. The topological polar surface area (TPSA) is 74.3 Å². The van der Waals surface area contributed by atoms with Crippen molar-refractivity contribution in [1.82, 2.24) is 9.88 Å².